The molecule has 14 heteroatoms. The largest absolute Gasteiger partial charge is 0.462 e. The van der Waals surface area contributed by atoms with Crippen molar-refractivity contribution in [3.63, 3.8) is 0 Å². The summed E-state index contributed by atoms with van der Waals surface area (Å²) >= 11 is 0. The van der Waals surface area contributed by atoms with Crippen molar-refractivity contribution in [2.75, 3.05) is 0 Å². The Bertz CT molecular complexity index is 1620. The van der Waals surface area contributed by atoms with E-state index < -0.39 is 141 Å². The highest BCUT2D eigenvalue weighted by molar-refractivity contribution is 5.94. The van der Waals surface area contributed by atoms with Crippen molar-refractivity contribution in [2.45, 2.75) is 141 Å². The maximum Gasteiger partial charge on any atom is 0.341 e. The van der Waals surface area contributed by atoms with Gasteiger partial charge in [0.05, 0.1) is 11.5 Å². The Morgan fingerprint density at radius 3 is 2.22 bits per heavy atom. The van der Waals surface area contributed by atoms with E-state index in [4.69, 9.17) is 28.4 Å². The molecule has 14 nitrogen and oxygen atoms in total. The van der Waals surface area contributed by atoms with E-state index in [1.807, 2.05) is 27.7 Å². The minimum atomic E-state index is -2.18. The Morgan fingerprint density at radius 2 is 1.61 bits per heavy atom. The first-order valence-electron chi connectivity index (χ1n) is 18.3. The molecule has 0 radical (unpaired) electrons. The predicted molar refractivity (Wildman–Crippen MR) is 170 cm³/mol. The molecule has 1 spiro atoms. The minimum Gasteiger partial charge on any atom is -0.462 e. The number of epoxide rings is 2. The zero-order chi connectivity index (χ0) is 37.3. The molecule has 2 unspecified atom stereocenters. The molecular formula is C37H50O14. The average Bonchev–Trinajstić information content (AvgIpc) is 3.91. The van der Waals surface area contributed by atoms with Crippen LogP contribution >= 0.6 is 0 Å². The summed E-state index contributed by atoms with van der Waals surface area (Å²) in [4.78, 5) is 67.5. The van der Waals surface area contributed by atoms with Gasteiger partial charge in [0.2, 0.25) is 5.79 Å². The number of hydrogen-bond donors (Lipinski definition) is 3. The van der Waals surface area contributed by atoms with Gasteiger partial charge in [-0.2, -0.15) is 0 Å². The second-order valence-electron chi connectivity index (χ2n) is 18.1. The summed E-state index contributed by atoms with van der Waals surface area (Å²) in [5, 5.41) is 36.8. The van der Waals surface area contributed by atoms with E-state index in [0.29, 0.717) is 0 Å². The van der Waals surface area contributed by atoms with Crippen molar-refractivity contribution in [1.29, 1.82) is 0 Å². The number of esters is 4. The molecule has 3 heterocycles. The topological polar surface area (TPSA) is 208 Å². The van der Waals surface area contributed by atoms with Gasteiger partial charge in [0.25, 0.3) is 0 Å². The number of ether oxygens (including phenoxy) is 6. The Morgan fingerprint density at radius 1 is 0.961 bits per heavy atom. The summed E-state index contributed by atoms with van der Waals surface area (Å²) in [7, 11) is 0. The van der Waals surface area contributed by atoms with Crippen LogP contribution in [0.3, 0.4) is 0 Å². The van der Waals surface area contributed by atoms with Crippen molar-refractivity contribution < 1.29 is 67.7 Å². The lowest BCUT2D eigenvalue weighted by molar-refractivity contribution is -0.268. The third-order valence-electron chi connectivity index (χ3n) is 15.4. The number of hydrogen-bond acceptors (Lipinski definition) is 14. The summed E-state index contributed by atoms with van der Waals surface area (Å²) in [6, 6.07) is 0. The first kappa shape index (κ1) is 35.4. The van der Waals surface area contributed by atoms with Gasteiger partial charge < -0.3 is 43.7 Å². The zero-order valence-electron chi connectivity index (χ0n) is 30.5. The Balaban J connectivity index is 1.34. The maximum atomic E-state index is 14.6. The van der Waals surface area contributed by atoms with Crippen LogP contribution in [0.25, 0.3) is 0 Å². The van der Waals surface area contributed by atoms with E-state index in [9.17, 15) is 39.3 Å². The smallest absolute Gasteiger partial charge is 0.341 e. The van der Waals surface area contributed by atoms with Crippen molar-refractivity contribution in [3.05, 3.63) is 0 Å². The molecule has 3 N–H and O–H groups in total. The first-order valence-corrected chi connectivity index (χ1v) is 18.3. The van der Waals surface area contributed by atoms with Gasteiger partial charge in [-0.1, -0.05) is 34.6 Å². The molecular weight excluding hydrogens is 668 g/mol. The molecule has 8 aliphatic rings. The summed E-state index contributed by atoms with van der Waals surface area (Å²) in [5.74, 6) is -9.61. The highest BCUT2D eigenvalue weighted by Gasteiger charge is 2.93. The van der Waals surface area contributed by atoms with Crippen LogP contribution in [0, 0.1) is 57.7 Å². The molecule has 5 saturated carbocycles. The molecule has 3 aliphatic heterocycles. The Kier molecular flexibility index (Phi) is 7.15. The summed E-state index contributed by atoms with van der Waals surface area (Å²) in [6.45, 7) is 14.8. The molecule has 282 valence electrons. The molecule has 0 bridgehead atoms. The first-order chi connectivity index (χ1) is 23.5. The van der Waals surface area contributed by atoms with E-state index >= 15 is 0 Å². The molecule has 0 aromatic carbocycles. The van der Waals surface area contributed by atoms with Crippen LogP contribution < -0.4 is 0 Å². The van der Waals surface area contributed by atoms with Gasteiger partial charge in [0, 0.05) is 55.3 Å². The van der Waals surface area contributed by atoms with Crippen molar-refractivity contribution in [1.82, 2.24) is 0 Å². The van der Waals surface area contributed by atoms with Crippen LogP contribution in [0.4, 0.5) is 0 Å². The second-order valence-corrected chi connectivity index (χ2v) is 18.1. The fraction of sp³-hybridized carbons (Fsp3) is 0.865. The van der Waals surface area contributed by atoms with E-state index in [1.54, 1.807) is 13.8 Å². The van der Waals surface area contributed by atoms with Gasteiger partial charge in [-0.15, -0.1) is 0 Å². The second kappa shape index (κ2) is 10.3. The average molecular weight is 719 g/mol. The number of ketones is 1. The number of carbonyl (C=O) groups excluding carboxylic acids is 5. The van der Waals surface area contributed by atoms with Crippen LogP contribution in [0.15, 0.2) is 0 Å². The molecule has 0 aromatic rings. The van der Waals surface area contributed by atoms with Gasteiger partial charge in [0.1, 0.15) is 42.2 Å². The lowest BCUT2D eigenvalue weighted by atomic mass is 9.40. The van der Waals surface area contributed by atoms with Crippen LogP contribution in [0.1, 0.15) is 81.6 Å². The highest BCUT2D eigenvalue weighted by Crippen LogP contribution is 2.81. The van der Waals surface area contributed by atoms with Gasteiger partial charge >= 0.3 is 23.9 Å². The number of aliphatic hydroxyl groups is 3. The highest BCUT2D eigenvalue weighted by atomic mass is 16.8. The third-order valence-corrected chi connectivity index (χ3v) is 15.4. The van der Waals surface area contributed by atoms with Gasteiger partial charge in [-0.05, 0) is 43.9 Å². The maximum absolute atomic E-state index is 14.6. The summed E-state index contributed by atoms with van der Waals surface area (Å²) in [5.41, 5.74) is -8.44. The lowest BCUT2D eigenvalue weighted by Crippen LogP contribution is -2.77. The van der Waals surface area contributed by atoms with Crippen molar-refractivity contribution >= 4 is 29.7 Å². The Labute approximate surface area is 296 Å². The van der Waals surface area contributed by atoms with Crippen LogP contribution in [0.2, 0.25) is 0 Å². The summed E-state index contributed by atoms with van der Waals surface area (Å²) in [6.07, 6.45) is -6.72. The van der Waals surface area contributed by atoms with E-state index in [0.717, 1.165) is 0 Å². The van der Waals surface area contributed by atoms with E-state index in [2.05, 4.69) is 0 Å². The molecule has 5 aliphatic carbocycles. The number of Topliss-reactive ketones (excluding diaryl/α,β-unsaturated/α-hetero) is 1. The zero-order valence-corrected chi connectivity index (χ0v) is 30.5. The minimum absolute atomic E-state index is 0.0354. The molecule has 0 amide bonds. The standard InChI is InChI=1S/C37H50O14/c1-13(2)10-20(40)49-30-26-18(48-26)12-36(45)28(42)25(41)21-17(33(30,36)7)11-19(46-15(4)38)32(6)22-14(3)29-37(50-29)34(8,35(9,44)31(43)51-37)24(22)27(23(21)32)47-16(5)39/h13-14,17-19,21-27,29-30,41,44-45H,10-12H2,1-9H3/t14-,17?,18-,19-,21?,22-,23+,24-,25+,26-,27+,29+,30-,32+,33-,34-,35+,36-,37-/m0/s1. The lowest BCUT2D eigenvalue weighted by Gasteiger charge is -2.65. The number of aliphatic hydroxyl groups excluding tert-OH is 1. The van der Waals surface area contributed by atoms with Crippen LogP contribution in [-0.4, -0.2) is 105 Å². The molecule has 19 atom stereocenters. The molecule has 3 saturated heterocycles. The van der Waals surface area contributed by atoms with Crippen molar-refractivity contribution in [2.24, 2.45) is 57.7 Å². The third kappa shape index (κ3) is 3.93. The molecule has 51 heavy (non-hydrogen) atoms. The van der Waals surface area contributed by atoms with Gasteiger partial charge in [0.15, 0.2) is 11.4 Å². The normalized spacial score (nSPS) is 56.9. The fourth-order valence-electron chi connectivity index (χ4n) is 13.1. The quantitative estimate of drug-likeness (QED) is 0.208. The van der Waals surface area contributed by atoms with Crippen LogP contribution in [-0.2, 0) is 52.4 Å². The van der Waals surface area contributed by atoms with E-state index in [-0.39, 0.29) is 25.2 Å². The number of carbonyl (C=O) groups is 5. The molecule has 8 fully saturated rings. The SMILES string of the molecule is CC(=O)O[C@H]1[C@@H]2[C@H]([C@H](C)[C@H]3O[C@]34OC(=O)[C@@](C)(O)[C@]24C)[C@@]2(C)[C@@H](OC(C)=O)CC3C([C@H]12)[C@@H](O)C(=O)[C@@]1(O)C[C@@H]2O[C@@H]2[C@H](OC(=O)CC(C)C)[C@]31C. The van der Waals surface area contributed by atoms with Gasteiger partial charge in [-0.25, -0.2) is 4.79 Å². The fourth-order valence-corrected chi connectivity index (χ4v) is 13.1. The van der Waals surface area contributed by atoms with Crippen molar-refractivity contribution in [3.8, 4) is 0 Å². The Hall–Kier alpha value is -2.65. The van der Waals surface area contributed by atoms with E-state index in [1.165, 1.54) is 20.8 Å². The van der Waals surface area contributed by atoms with Crippen LogP contribution in [0.5, 0.6) is 0 Å². The van der Waals surface area contributed by atoms with Gasteiger partial charge in [-0.3, -0.25) is 19.2 Å². The predicted octanol–water partition coefficient (Wildman–Crippen LogP) is 1.22. The number of fused-ring (bicyclic) bond motifs is 9. The number of rotatable bonds is 5. The molecule has 0 aromatic heterocycles. The monoisotopic (exact) mass is 718 g/mol. The molecule has 8 rings (SSSR count). The summed E-state index contributed by atoms with van der Waals surface area (Å²) < 4.78 is 36.7.